The fraction of sp³-hybridized carbons (Fsp3) is 0.209. The highest BCUT2D eigenvalue weighted by atomic mass is 35.5. The van der Waals surface area contributed by atoms with Gasteiger partial charge in [0, 0.05) is 48.7 Å². The molecule has 0 saturated carbocycles. The molecule has 2 saturated heterocycles. The molecule has 0 spiro atoms. The summed E-state index contributed by atoms with van der Waals surface area (Å²) in [6.07, 6.45) is 11.6. The van der Waals surface area contributed by atoms with Gasteiger partial charge in [0.1, 0.15) is 12.7 Å². The lowest BCUT2D eigenvalue weighted by Crippen LogP contribution is -2.26. The molecule has 9 heteroatoms. The summed E-state index contributed by atoms with van der Waals surface area (Å²) in [6.45, 7) is 10.3. The lowest BCUT2D eigenvalue weighted by atomic mass is 9.92. The van der Waals surface area contributed by atoms with Gasteiger partial charge in [-0.3, -0.25) is 9.59 Å². The summed E-state index contributed by atoms with van der Waals surface area (Å²) in [5, 5.41) is 5.10. The van der Waals surface area contributed by atoms with Crippen molar-refractivity contribution in [1.29, 1.82) is 0 Å². The summed E-state index contributed by atoms with van der Waals surface area (Å²) in [5.74, 6) is 0.830. The standard InChI is InChI=1S/C21H19N3O.C18H17N3.C3H3ClO.CH4/c1-2-20(25)24-9-8-16(13-24)19-11-17(15-6-4-3-5-7-15)10-18-12-22-14-23-21(18)19;1-2-4-13(5-3-1)15-8-16-11-20-12-21-18(16)17(9-15)14-6-7-19-10-14;1-2-3(4)5;/h2-7,10-12,14,16H,1,8-9,13H2;1-5,8-9,11-12,14,19H,6-7,10H2;2H,1H2;1H4. The Hall–Kier alpha value is -5.57. The highest BCUT2D eigenvalue weighted by molar-refractivity contribution is 6.66. The number of aromatic nitrogens is 4. The van der Waals surface area contributed by atoms with Crippen molar-refractivity contribution in [3.05, 3.63) is 146 Å². The first-order valence-electron chi connectivity index (χ1n) is 17.0. The highest BCUT2D eigenvalue weighted by Gasteiger charge is 2.28. The van der Waals surface area contributed by atoms with Gasteiger partial charge in [0.05, 0.1) is 11.0 Å². The third-order valence-electron chi connectivity index (χ3n) is 9.26. The first kappa shape index (κ1) is 37.7. The summed E-state index contributed by atoms with van der Waals surface area (Å²) < 4.78 is 0. The second-order valence-electron chi connectivity index (χ2n) is 12.5. The van der Waals surface area contributed by atoms with Gasteiger partial charge in [0.2, 0.25) is 11.1 Å². The zero-order valence-electron chi connectivity index (χ0n) is 28.3. The van der Waals surface area contributed by atoms with Crippen LogP contribution in [0.2, 0.25) is 0 Å². The van der Waals surface area contributed by atoms with Crippen molar-refractivity contribution in [3.8, 4) is 22.3 Å². The SMILES string of the molecule is C.C=CC(=O)Cl.C=CC(=O)N1CCC(c2cc(-c3ccccc3)cc3cncnc23)C1.c1ccc(-c2cc(C3CCNC3)c3ncncc3c2)cc1. The predicted molar refractivity (Wildman–Crippen MR) is 212 cm³/mol. The van der Waals surface area contributed by atoms with E-state index >= 15 is 0 Å². The van der Waals surface area contributed by atoms with E-state index in [1.807, 2.05) is 35.5 Å². The maximum atomic E-state index is 11.9. The molecule has 2 aliphatic rings. The number of nitrogens with one attached hydrogen (secondary N) is 1. The molecule has 0 aliphatic carbocycles. The number of rotatable bonds is 6. The molecule has 2 fully saturated rings. The van der Waals surface area contributed by atoms with Gasteiger partial charge in [0.25, 0.3) is 0 Å². The van der Waals surface area contributed by atoms with E-state index in [1.54, 1.807) is 12.7 Å². The first-order valence-corrected chi connectivity index (χ1v) is 17.3. The Balaban J connectivity index is 0.000000177. The summed E-state index contributed by atoms with van der Waals surface area (Å²) in [6, 6.07) is 29.7. The summed E-state index contributed by atoms with van der Waals surface area (Å²) in [4.78, 5) is 40.7. The van der Waals surface area contributed by atoms with Gasteiger partial charge in [0.15, 0.2) is 0 Å². The molecule has 2 unspecified atom stereocenters. The molecule has 8 rings (SSSR count). The zero-order valence-corrected chi connectivity index (χ0v) is 29.0. The van der Waals surface area contributed by atoms with Gasteiger partial charge in [-0.25, -0.2) is 19.9 Å². The number of likely N-dealkylation sites (tertiary alicyclic amines) is 1. The number of benzene rings is 4. The molecular formula is C43H43ClN6O2. The second kappa shape index (κ2) is 18.1. The molecular weight excluding hydrogens is 668 g/mol. The summed E-state index contributed by atoms with van der Waals surface area (Å²) in [7, 11) is 0. The Morgan fingerprint density at radius 2 is 1.25 bits per heavy atom. The fourth-order valence-corrected chi connectivity index (χ4v) is 6.75. The number of nitrogens with zero attached hydrogens (tertiary/aromatic N) is 5. The maximum absolute atomic E-state index is 11.9. The van der Waals surface area contributed by atoms with Crippen LogP contribution in [0.3, 0.4) is 0 Å². The largest absolute Gasteiger partial charge is 0.339 e. The van der Waals surface area contributed by atoms with Crippen molar-refractivity contribution in [3.63, 3.8) is 0 Å². The number of hydrogen-bond donors (Lipinski definition) is 1. The molecule has 2 atom stereocenters. The molecule has 0 bridgehead atoms. The van der Waals surface area contributed by atoms with Gasteiger partial charge in [-0.15, -0.1) is 0 Å². The molecule has 264 valence electrons. The third kappa shape index (κ3) is 9.01. The molecule has 6 aromatic rings. The average Bonchev–Trinajstić information content (AvgIpc) is 3.92. The Kier molecular flexibility index (Phi) is 13.1. The second-order valence-corrected chi connectivity index (χ2v) is 12.8. The molecule has 1 amide bonds. The van der Waals surface area contributed by atoms with E-state index in [-0.39, 0.29) is 19.3 Å². The summed E-state index contributed by atoms with van der Waals surface area (Å²) in [5.41, 5.74) is 9.44. The van der Waals surface area contributed by atoms with Gasteiger partial charge in [-0.05, 0) is 107 Å². The van der Waals surface area contributed by atoms with Crippen molar-refractivity contribution in [1.82, 2.24) is 30.2 Å². The predicted octanol–water partition coefficient (Wildman–Crippen LogP) is 8.75. The van der Waals surface area contributed by atoms with Gasteiger partial charge in [-0.1, -0.05) is 81.2 Å². The van der Waals surface area contributed by atoms with Crippen LogP contribution in [0.5, 0.6) is 0 Å². The van der Waals surface area contributed by atoms with E-state index in [0.29, 0.717) is 12.5 Å². The van der Waals surface area contributed by atoms with Gasteiger partial charge < -0.3 is 10.2 Å². The monoisotopic (exact) mass is 710 g/mol. The van der Waals surface area contributed by atoms with E-state index < -0.39 is 5.24 Å². The Labute approximate surface area is 310 Å². The van der Waals surface area contributed by atoms with E-state index in [9.17, 15) is 9.59 Å². The highest BCUT2D eigenvalue weighted by Crippen LogP contribution is 2.36. The minimum atomic E-state index is -0.509. The molecule has 2 aliphatic heterocycles. The lowest BCUT2D eigenvalue weighted by Gasteiger charge is -2.17. The smallest absolute Gasteiger partial charge is 0.245 e. The summed E-state index contributed by atoms with van der Waals surface area (Å²) >= 11 is 4.71. The quantitative estimate of drug-likeness (QED) is 0.136. The molecule has 52 heavy (non-hydrogen) atoms. The van der Waals surface area contributed by atoms with Crippen LogP contribution >= 0.6 is 11.6 Å². The Bertz CT molecular complexity index is 2150. The number of carbonyl (C=O) groups is 2. The molecule has 2 aromatic heterocycles. The lowest BCUT2D eigenvalue weighted by molar-refractivity contribution is -0.125. The molecule has 8 nitrogen and oxygen atoms in total. The van der Waals surface area contributed by atoms with Crippen LogP contribution in [0.1, 0.15) is 43.2 Å². The Morgan fingerprint density at radius 3 is 1.71 bits per heavy atom. The molecule has 0 radical (unpaired) electrons. The minimum Gasteiger partial charge on any atom is -0.339 e. The van der Waals surface area contributed by atoms with Crippen molar-refractivity contribution in [2.45, 2.75) is 32.1 Å². The maximum Gasteiger partial charge on any atom is 0.245 e. The molecule has 4 aromatic carbocycles. The normalized spacial score (nSPS) is 16.1. The van der Waals surface area contributed by atoms with Crippen molar-refractivity contribution in [2.24, 2.45) is 0 Å². The van der Waals surface area contributed by atoms with Gasteiger partial charge in [-0.2, -0.15) is 0 Å². The number of carbonyl (C=O) groups excluding carboxylic acids is 2. The minimum absolute atomic E-state index is 0. The van der Waals surface area contributed by atoms with Crippen LogP contribution in [0.15, 0.2) is 135 Å². The van der Waals surface area contributed by atoms with E-state index in [1.165, 1.54) is 40.3 Å². The zero-order chi connectivity index (χ0) is 35.6. The number of allylic oxidation sites excluding steroid dienone is 1. The van der Waals surface area contributed by atoms with Crippen molar-refractivity contribution >= 4 is 44.6 Å². The van der Waals surface area contributed by atoms with Crippen LogP contribution in [-0.4, -0.2) is 62.2 Å². The van der Waals surface area contributed by atoms with Crippen molar-refractivity contribution < 1.29 is 9.59 Å². The molecule has 1 N–H and O–H groups in total. The van der Waals surface area contributed by atoms with Crippen LogP contribution in [0.25, 0.3) is 44.1 Å². The van der Waals surface area contributed by atoms with E-state index in [2.05, 4.69) is 105 Å². The number of amides is 1. The van der Waals surface area contributed by atoms with E-state index in [4.69, 9.17) is 11.6 Å². The first-order chi connectivity index (χ1) is 24.9. The Morgan fingerprint density at radius 1 is 0.731 bits per heavy atom. The number of hydrogen-bond acceptors (Lipinski definition) is 7. The topological polar surface area (TPSA) is 101 Å². The van der Waals surface area contributed by atoms with Crippen LogP contribution in [-0.2, 0) is 9.59 Å². The molecule has 4 heterocycles. The number of fused-ring (bicyclic) bond motifs is 2. The average molecular weight is 711 g/mol. The number of halogens is 1. The van der Waals surface area contributed by atoms with E-state index in [0.717, 1.165) is 59.5 Å². The van der Waals surface area contributed by atoms with Crippen LogP contribution in [0, 0.1) is 0 Å². The third-order valence-corrected chi connectivity index (χ3v) is 9.42. The fourth-order valence-electron chi connectivity index (χ4n) is 6.75. The van der Waals surface area contributed by atoms with Gasteiger partial charge >= 0.3 is 0 Å². The van der Waals surface area contributed by atoms with Crippen molar-refractivity contribution in [2.75, 3.05) is 26.2 Å². The van der Waals surface area contributed by atoms with Crippen LogP contribution in [0.4, 0.5) is 0 Å². The van der Waals surface area contributed by atoms with Crippen LogP contribution < -0.4 is 5.32 Å².